The fourth-order valence-electron chi connectivity index (χ4n) is 2.24. The number of benzene rings is 2. The number of methoxy groups -OCH3 is 1. The summed E-state index contributed by atoms with van der Waals surface area (Å²) >= 11 is 0. The van der Waals surface area contributed by atoms with Crippen LogP contribution >= 0.6 is 0 Å². The molecule has 1 unspecified atom stereocenters. The van der Waals surface area contributed by atoms with Crippen molar-refractivity contribution in [2.24, 2.45) is 0 Å². The molecule has 0 aliphatic carbocycles. The lowest BCUT2D eigenvalue weighted by Gasteiger charge is -2.20. The van der Waals surface area contributed by atoms with E-state index in [9.17, 15) is 0 Å². The molecule has 0 spiro atoms. The Morgan fingerprint density at radius 3 is 2.47 bits per heavy atom. The first-order chi connectivity index (χ1) is 9.11. The number of aryl methyl sites for hydroxylation is 2. The molecule has 0 heterocycles. The number of hydrogen-bond donors (Lipinski definition) is 1. The molecule has 2 nitrogen and oxygen atoms in total. The zero-order valence-corrected chi connectivity index (χ0v) is 12.0. The molecule has 0 aliphatic heterocycles. The number of hydrogen-bond acceptors (Lipinski definition) is 2. The van der Waals surface area contributed by atoms with Crippen molar-refractivity contribution in [2.45, 2.75) is 26.8 Å². The highest BCUT2D eigenvalue weighted by Crippen LogP contribution is 2.29. The van der Waals surface area contributed by atoms with Crippen molar-refractivity contribution in [2.75, 3.05) is 12.4 Å². The van der Waals surface area contributed by atoms with Gasteiger partial charge in [0, 0.05) is 11.3 Å². The third kappa shape index (κ3) is 3.08. The number of anilines is 1. The highest BCUT2D eigenvalue weighted by Gasteiger charge is 2.12. The normalized spacial score (nSPS) is 12.0. The first kappa shape index (κ1) is 13.5. The maximum atomic E-state index is 5.45. The van der Waals surface area contributed by atoms with Crippen molar-refractivity contribution in [3.63, 3.8) is 0 Å². The van der Waals surface area contributed by atoms with Crippen molar-refractivity contribution >= 4 is 5.69 Å². The minimum atomic E-state index is 0.205. The molecule has 2 heteroatoms. The summed E-state index contributed by atoms with van der Waals surface area (Å²) in [6.07, 6.45) is 0. The molecule has 0 bridgehead atoms. The van der Waals surface area contributed by atoms with Gasteiger partial charge in [-0.15, -0.1) is 0 Å². The molecule has 2 aromatic rings. The average molecular weight is 255 g/mol. The Morgan fingerprint density at radius 2 is 1.79 bits per heavy atom. The van der Waals surface area contributed by atoms with Crippen LogP contribution in [0.2, 0.25) is 0 Å². The van der Waals surface area contributed by atoms with E-state index in [2.05, 4.69) is 62.5 Å². The highest BCUT2D eigenvalue weighted by molar-refractivity contribution is 5.53. The van der Waals surface area contributed by atoms with Gasteiger partial charge in [0.05, 0.1) is 13.2 Å². The Morgan fingerprint density at radius 1 is 1.05 bits per heavy atom. The lowest BCUT2D eigenvalue weighted by atomic mass is 10.0. The van der Waals surface area contributed by atoms with Crippen LogP contribution in [0, 0.1) is 13.8 Å². The summed E-state index contributed by atoms with van der Waals surface area (Å²) in [4.78, 5) is 0. The Hall–Kier alpha value is -1.96. The fraction of sp³-hybridized carbons (Fsp3) is 0.294. The summed E-state index contributed by atoms with van der Waals surface area (Å²) in [7, 11) is 1.72. The van der Waals surface area contributed by atoms with Crippen LogP contribution in [0.4, 0.5) is 5.69 Å². The molecule has 1 N–H and O–H groups in total. The second kappa shape index (κ2) is 5.79. The molecule has 0 amide bonds. The second-order valence-electron chi connectivity index (χ2n) is 4.93. The molecule has 0 saturated carbocycles. The molecule has 100 valence electrons. The molecule has 0 aliphatic rings. The van der Waals surface area contributed by atoms with E-state index in [4.69, 9.17) is 4.74 Å². The van der Waals surface area contributed by atoms with E-state index in [-0.39, 0.29) is 6.04 Å². The lowest BCUT2D eigenvalue weighted by Crippen LogP contribution is -2.09. The van der Waals surface area contributed by atoms with E-state index < -0.39 is 0 Å². The van der Waals surface area contributed by atoms with Crippen LogP contribution in [0.3, 0.4) is 0 Å². The number of para-hydroxylation sites is 1. The van der Waals surface area contributed by atoms with Crippen LogP contribution in [-0.4, -0.2) is 7.11 Å². The van der Waals surface area contributed by atoms with Crippen molar-refractivity contribution in [3.8, 4) is 5.75 Å². The van der Waals surface area contributed by atoms with Gasteiger partial charge in [-0.1, -0.05) is 35.9 Å². The third-order valence-corrected chi connectivity index (χ3v) is 3.37. The second-order valence-corrected chi connectivity index (χ2v) is 4.93. The molecule has 1 atom stereocenters. The zero-order chi connectivity index (χ0) is 13.8. The van der Waals surface area contributed by atoms with Gasteiger partial charge in [0.15, 0.2) is 0 Å². The topological polar surface area (TPSA) is 21.3 Å². The van der Waals surface area contributed by atoms with E-state index in [1.807, 2.05) is 6.07 Å². The summed E-state index contributed by atoms with van der Waals surface area (Å²) in [5, 5.41) is 3.55. The molecular formula is C17H21NO. The van der Waals surface area contributed by atoms with Gasteiger partial charge in [-0.2, -0.15) is 0 Å². The fourth-order valence-corrected chi connectivity index (χ4v) is 2.24. The largest absolute Gasteiger partial charge is 0.496 e. The SMILES string of the molecule is COc1ccc(C)cc1C(C)Nc1ccccc1C. The minimum absolute atomic E-state index is 0.205. The summed E-state index contributed by atoms with van der Waals surface area (Å²) in [5.41, 5.74) is 4.85. The molecule has 19 heavy (non-hydrogen) atoms. The van der Waals surface area contributed by atoms with Crippen molar-refractivity contribution < 1.29 is 4.74 Å². The smallest absolute Gasteiger partial charge is 0.124 e. The third-order valence-electron chi connectivity index (χ3n) is 3.37. The summed E-state index contributed by atoms with van der Waals surface area (Å²) in [6, 6.07) is 14.8. The maximum absolute atomic E-state index is 5.45. The van der Waals surface area contributed by atoms with Crippen LogP contribution in [0.5, 0.6) is 5.75 Å². The first-order valence-electron chi connectivity index (χ1n) is 6.58. The summed E-state index contributed by atoms with van der Waals surface area (Å²) in [6.45, 7) is 6.37. The van der Waals surface area contributed by atoms with E-state index in [0.29, 0.717) is 0 Å². The van der Waals surface area contributed by atoms with Crippen molar-refractivity contribution in [3.05, 3.63) is 59.2 Å². The highest BCUT2D eigenvalue weighted by atomic mass is 16.5. The number of ether oxygens (including phenoxy) is 1. The van der Waals surface area contributed by atoms with Crippen LogP contribution in [-0.2, 0) is 0 Å². The Balaban J connectivity index is 2.27. The molecule has 0 radical (unpaired) electrons. The van der Waals surface area contributed by atoms with E-state index >= 15 is 0 Å². The minimum Gasteiger partial charge on any atom is -0.496 e. The van der Waals surface area contributed by atoms with E-state index in [1.165, 1.54) is 22.4 Å². The predicted octanol–water partition coefficient (Wildman–Crippen LogP) is 4.49. The van der Waals surface area contributed by atoms with E-state index in [1.54, 1.807) is 7.11 Å². The average Bonchev–Trinajstić information content (AvgIpc) is 2.41. The lowest BCUT2D eigenvalue weighted by molar-refractivity contribution is 0.408. The quantitative estimate of drug-likeness (QED) is 0.869. The van der Waals surface area contributed by atoms with Gasteiger partial charge in [0.1, 0.15) is 5.75 Å². The van der Waals surface area contributed by atoms with Gasteiger partial charge in [0.25, 0.3) is 0 Å². The Bertz CT molecular complexity index is 563. The van der Waals surface area contributed by atoms with Crippen LogP contribution < -0.4 is 10.1 Å². The zero-order valence-electron chi connectivity index (χ0n) is 12.0. The van der Waals surface area contributed by atoms with Gasteiger partial charge in [-0.25, -0.2) is 0 Å². The molecule has 0 fully saturated rings. The molecule has 0 saturated heterocycles. The standard InChI is InChI=1S/C17H21NO/c1-12-9-10-17(19-4)15(11-12)14(3)18-16-8-6-5-7-13(16)2/h5-11,14,18H,1-4H3. The van der Waals surface area contributed by atoms with Gasteiger partial charge in [0.2, 0.25) is 0 Å². The van der Waals surface area contributed by atoms with Crippen LogP contribution in [0.1, 0.15) is 29.7 Å². The van der Waals surface area contributed by atoms with Crippen molar-refractivity contribution in [1.82, 2.24) is 0 Å². The molecular weight excluding hydrogens is 234 g/mol. The Kier molecular flexibility index (Phi) is 4.10. The van der Waals surface area contributed by atoms with Gasteiger partial charge in [-0.3, -0.25) is 0 Å². The molecule has 0 aromatic heterocycles. The maximum Gasteiger partial charge on any atom is 0.124 e. The van der Waals surface area contributed by atoms with Gasteiger partial charge in [-0.05, 0) is 38.5 Å². The summed E-state index contributed by atoms with van der Waals surface area (Å²) in [5.74, 6) is 0.930. The monoisotopic (exact) mass is 255 g/mol. The van der Waals surface area contributed by atoms with Crippen molar-refractivity contribution in [1.29, 1.82) is 0 Å². The van der Waals surface area contributed by atoms with Gasteiger partial charge >= 0.3 is 0 Å². The molecule has 2 aromatic carbocycles. The number of nitrogens with one attached hydrogen (secondary N) is 1. The predicted molar refractivity (Wildman–Crippen MR) is 80.9 cm³/mol. The van der Waals surface area contributed by atoms with Gasteiger partial charge < -0.3 is 10.1 Å². The van der Waals surface area contributed by atoms with E-state index in [0.717, 1.165) is 5.75 Å². The number of rotatable bonds is 4. The Labute approximate surface area is 115 Å². The first-order valence-corrected chi connectivity index (χ1v) is 6.58. The molecule has 2 rings (SSSR count). The van der Waals surface area contributed by atoms with Crippen LogP contribution in [0.15, 0.2) is 42.5 Å². The summed E-state index contributed by atoms with van der Waals surface area (Å²) < 4.78 is 5.45. The van der Waals surface area contributed by atoms with Crippen LogP contribution in [0.25, 0.3) is 0 Å².